The van der Waals surface area contributed by atoms with Crippen molar-refractivity contribution >= 4 is 23.1 Å². The average molecular weight is 258 g/mol. The number of rotatable bonds is 6. The molecule has 16 heavy (non-hydrogen) atoms. The molecular formula is C8H13F3N2O2S. The van der Waals surface area contributed by atoms with Gasteiger partial charge in [0.2, 0.25) is 5.91 Å². The first kappa shape index (κ1) is 15.1. The number of hydrogen-bond donors (Lipinski definition) is 2. The van der Waals surface area contributed by atoms with Gasteiger partial charge in [0, 0.05) is 0 Å². The number of nitrogens with two attached hydrogens (primary N) is 1. The third kappa shape index (κ3) is 7.41. The fraction of sp³-hybridized carbons (Fsp3) is 0.750. The number of nitrogens with one attached hydrogen (secondary N) is 1. The highest BCUT2D eigenvalue weighted by Crippen LogP contribution is 2.14. The van der Waals surface area contributed by atoms with Crippen molar-refractivity contribution in [1.29, 1.82) is 0 Å². The van der Waals surface area contributed by atoms with Gasteiger partial charge in [-0.25, -0.2) is 0 Å². The molecule has 1 amide bonds. The van der Waals surface area contributed by atoms with Gasteiger partial charge in [-0.15, -0.1) is 0 Å². The molecule has 0 aliphatic carbocycles. The van der Waals surface area contributed by atoms with E-state index in [9.17, 15) is 18.0 Å². The first-order valence-electron chi connectivity index (χ1n) is 4.49. The maximum atomic E-state index is 11.7. The van der Waals surface area contributed by atoms with E-state index in [1.165, 1.54) is 0 Å². The number of amides is 1. The largest absolute Gasteiger partial charge is 0.411 e. The Kier molecular flexibility index (Phi) is 6.27. The van der Waals surface area contributed by atoms with Gasteiger partial charge in [-0.3, -0.25) is 4.79 Å². The zero-order chi connectivity index (χ0) is 12.8. The Labute approximate surface area is 96.3 Å². The van der Waals surface area contributed by atoms with Gasteiger partial charge in [0.25, 0.3) is 0 Å². The molecule has 0 fully saturated rings. The summed E-state index contributed by atoms with van der Waals surface area (Å²) in [6.07, 6.45) is -3.96. The lowest BCUT2D eigenvalue weighted by molar-refractivity contribution is -0.175. The Hall–Kier alpha value is -0.890. The molecule has 0 aliphatic heterocycles. The predicted molar refractivity (Wildman–Crippen MR) is 55.9 cm³/mol. The Bertz CT molecular complexity index is 258. The molecule has 0 saturated carbocycles. The van der Waals surface area contributed by atoms with Crippen molar-refractivity contribution in [2.45, 2.75) is 25.6 Å². The molecule has 0 spiro atoms. The lowest BCUT2D eigenvalue weighted by atomic mass is 10.2. The van der Waals surface area contributed by atoms with Crippen LogP contribution in [0.4, 0.5) is 13.2 Å². The molecule has 1 unspecified atom stereocenters. The van der Waals surface area contributed by atoms with Gasteiger partial charge in [0.05, 0.1) is 11.0 Å². The van der Waals surface area contributed by atoms with Crippen molar-refractivity contribution < 1.29 is 22.7 Å². The van der Waals surface area contributed by atoms with Crippen LogP contribution in [0.1, 0.15) is 13.3 Å². The van der Waals surface area contributed by atoms with E-state index in [4.69, 9.17) is 5.73 Å². The maximum absolute atomic E-state index is 11.7. The van der Waals surface area contributed by atoms with Gasteiger partial charge in [0.1, 0.15) is 13.2 Å². The summed E-state index contributed by atoms with van der Waals surface area (Å²) in [6, 6.07) is -0.517. The number of hydrogen-bond acceptors (Lipinski definition) is 3. The summed E-state index contributed by atoms with van der Waals surface area (Å²) in [6.45, 7) is -0.385. The van der Waals surface area contributed by atoms with E-state index in [1.807, 2.05) is 0 Å². The van der Waals surface area contributed by atoms with Gasteiger partial charge in [0.15, 0.2) is 0 Å². The number of thiocarbonyl (C=S) groups is 1. The maximum Gasteiger partial charge on any atom is 0.411 e. The van der Waals surface area contributed by atoms with Crippen molar-refractivity contribution in [2.75, 3.05) is 13.2 Å². The molecule has 0 rings (SSSR count). The molecule has 0 aromatic carbocycles. The molecule has 0 aromatic heterocycles. The standard InChI is InChI=1S/C8H13F3N2O2S/c1-2-5(7(12)16)13-6(14)3-15-4-8(9,10)11/h5H,2-4H2,1H3,(H2,12,16)(H,13,14). The Morgan fingerprint density at radius 1 is 1.56 bits per heavy atom. The van der Waals surface area contributed by atoms with E-state index in [-0.39, 0.29) is 4.99 Å². The highest BCUT2D eigenvalue weighted by Gasteiger charge is 2.27. The van der Waals surface area contributed by atoms with Crippen LogP contribution in [-0.2, 0) is 9.53 Å². The van der Waals surface area contributed by atoms with E-state index in [0.717, 1.165) is 0 Å². The second-order valence-corrected chi connectivity index (χ2v) is 3.51. The lowest BCUT2D eigenvalue weighted by Gasteiger charge is -2.15. The summed E-state index contributed by atoms with van der Waals surface area (Å²) in [5, 5.41) is 2.35. The van der Waals surface area contributed by atoms with E-state index in [0.29, 0.717) is 6.42 Å². The third-order valence-electron chi connectivity index (χ3n) is 1.59. The summed E-state index contributed by atoms with van der Waals surface area (Å²) in [5.74, 6) is -0.677. The van der Waals surface area contributed by atoms with Crippen LogP contribution >= 0.6 is 12.2 Å². The summed E-state index contributed by atoms with van der Waals surface area (Å²) < 4.78 is 39.2. The first-order valence-corrected chi connectivity index (χ1v) is 4.90. The second kappa shape index (κ2) is 6.64. The number of ether oxygens (including phenoxy) is 1. The average Bonchev–Trinajstić information content (AvgIpc) is 2.11. The summed E-state index contributed by atoms with van der Waals surface area (Å²) in [7, 11) is 0. The van der Waals surface area contributed by atoms with Crippen LogP contribution in [0.2, 0.25) is 0 Å². The molecule has 0 saturated heterocycles. The summed E-state index contributed by atoms with van der Waals surface area (Å²) >= 11 is 4.65. The highest BCUT2D eigenvalue weighted by atomic mass is 32.1. The lowest BCUT2D eigenvalue weighted by Crippen LogP contribution is -2.44. The highest BCUT2D eigenvalue weighted by molar-refractivity contribution is 7.80. The molecule has 8 heteroatoms. The number of alkyl halides is 3. The SMILES string of the molecule is CCC(NC(=O)COCC(F)(F)F)C(N)=S. The van der Waals surface area contributed by atoms with Crippen molar-refractivity contribution in [2.24, 2.45) is 5.73 Å². The topological polar surface area (TPSA) is 64.3 Å². The molecule has 94 valence electrons. The van der Waals surface area contributed by atoms with Crippen molar-refractivity contribution in [3.05, 3.63) is 0 Å². The smallest absolute Gasteiger partial charge is 0.392 e. The van der Waals surface area contributed by atoms with Crippen LogP contribution in [0.3, 0.4) is 0 Å². The summed E-state index contributed by atoms with van der Waals surface area (Å²) in [5.41, 5.74) is 5.29. The van der Waals surface area contributed by atoms with Gasteiger partial charge in [-0.1, -0.05) is 19.1 Å². The molecule has 0 heterocycles. The normalized spacial score (nSPS) is 13.2. The number of halogens is 3. The minimum Gasteiger partial charge on any atom is -0.392 e. The monoisotopic (exact) mass is 258 g/mol. The van der Waals surface area contributed by atoms with Crippen LogP contribution in [0.25, 0.3) is 0 Å². The molecular weight excluding hydrogens is 245 g/mol. The van der Waals surface area contributed by atoms with Crippen LogP contribution in [0.15, 0.2) is 0 Å². The van der Waals surface area contributed by atoms with Crippen LogP contribution in [0, 0.1) is 0 Å². The van der Waals surface area contributed by atoms with Crippen molar-refractivity contribution in [1.82, 2.24) is 5.32 Å². The Morgan fingerprint density at radius 2 is 2.12 bits per heavy atom. The van der Waals surface area contributed by atoms with Gasteiger partial charge >= 0.3 is 6.18 Å². The zero-order valence-corrected chi connectivity index (χ0v) is 9.45. The summed E-state index contributed by atoms with van der Waals surface area (Å²) in [4.78, 5) is 11.2. The van der Waals surface area contributed by atoms with E-state index < -0.39 is 31.3 Å². The van der Waals surface area contributed by atoms with E-state index in [2.05, 4.69) is 22.3 Å². The minimum absolute atomic E-state index is 0.0895. The quantitative estimate of drug-likeness (QED) is 0.690. The van der Waals surface area contributed by atoms with E-state index >= 15 is 0 Å². The predicted octanol–water partition coefficient (Wildman–Crippen LogP) is 0.746. The van der Waals surface area contributed by atoms with Crippen molar-refractivity contribution in [3.8, 4) is 0 Å². The van der Waals surface area contributed by atoms with Gasteiger partial charge in [-0.05, 0) is 6.42 Å². The third-order valence-corrected chi connectivity index (χ3v) is 1.87. The fourth-order valence-electron chi connectivity index (χ4n) is 0.870. The molecule has 4 nitrogen and oxygen atoms in total. The Morgan fingerprint density at radius 3 is 2.50 bits per heavy atom. The van der Waals surface area contributed by atoms with Gasteiger partial charge in [-0.2, -0.15) is 13.2 Å². The zero-order valence-electron chi connectivity index (χ0n) is 8.63. The molecule has 1 atom stereocenters. The van der Waals surface area contributed by atoms with Crippen LogP contribution in [-0.4, -0.2) is 36.3 Å². The minimum atomic E-state index is -4.44. The fourth-order valence-corrected chi connectivity index (χ4v) is 1.10. The molecule has 0 aliphatic rings. The number of carbonyl (C=O) groups is 1. The van der Waals surface area contributed by atoms with Gasteiger partial charge < -0.3 is 15.8 Å². The molecule has 3 N–H and O–H groups in total. The van der Waals surface area contributed by atoms with E-state index in [1.54, 1.807) is 6.92 Å². The van der Waals surface area contributed by atoms with Crippen LogP contribution in [0.5, 0.6) is 0 Å². The van der Waals surface area contributed by atoms with Crippen LogP contribution < -0.4 is 11.1 Å². The molecule has 0 bridgehead atoms. The Balaban J connectivity index is 3.86. The molecule has 0 radical (unpaired) electrons. The first-order chi connectivity index (χ1) is 7.26. The van der Waals surface area contributed by atoms with Crippen molar-refractivity contribution in [3.63, 3.8) is 0 Å². The number of carbonyl (C=O) groups excluding carboxylic acids is 1. The molecule has 0 aromatic rings. The second-order valence-electron chi connectivity index (χ2n) is 3.04.